The van der Waals surface area contributed by atoms with E-state index in [0.717, 1.165) is 48.1 Å². The van der Waals surface area contributed by atoms with Gasteiger partial charge in [0.05, 0.1) is 5.56 Å². The first-order valence-electron chi connectivity index (χ1n) is 9.60. The third-order valence-corrected chi connectivity index (χ3v) is 5.47. The van der Waals surface area contributed by atoms with E-state index in [1.807, 2.05) is 6.07 Å². The minimum Gasteiger partial charge on any atom is -0.206 e. The Balaban J connectivity index is 1.71. The Morgan fingerprint density at radius 1 is 0.862 bits per heavy atom. The van der Waals surface area contributed by atoms with E-state index in [1.54, 1.807) is 6.07 Å². The molecule has 0 aliphatic heterocycles. The molecule has 0 unspecified atom stereocenters. The van der Waals surface area contributed by atoms with Crippen LogP contribution in [0, 0.1) is 11.6 Å². The quantitative estimate of drug-likeness (QED) is 0.309. The Morgan fingerprint density at radius 3 is 2.28 bits per heavy atom. The second-order valence-corrected chi connectivity index (χ2v) is 7.42. The average molecular weight is 402 g/mol. The summed E-state index contributed by atoms with van der Waals surface area (Å²) in [6.45, 7) is 2.13. The summed E-state index contributed by atoms with van der Waals surface area (Å²) in [6, 6.07) is 12.0. The first-order chi connectivity index (χ1) is 13.8. The number of unbranched alkanes of at least 4 members (excludes halogenated alkanes) is 1. The smallest absolute Gasteiger partial charge is 0.206 e. The molecule has 5 heteroatoms. The fourth-order valence-electron chi connectivity index (χ4n) is 3.96. The third-order valence-electron chi connectivity index (χ3n) is 5.47. The Hall–Kier alpha value is -2.69. The average Bonchev–Trinajstić information content (AvgIpc) is 3.04. The number of benzene rings is 3. The van der Waals surface area contributed by atoms with Crippen molar-refractivity contribution >= 4 is 0 Å². The van der Waals surface area contributed by atoms with Gasteiger partial charge in [0, 0.05) is 17.5 Å². The molecule has 150 valence electrons. The molecular formula is C24H19F5. The zero-order valence-electron chi connectivity index (χ0n) is 15.8. The summed E-state index contributed by atoms with van der Waals surface area (Å²) in [6.07, 6.45) is -1.20. The highest BCUT2D eigenvalue weighted by molar-refractivity contribution is 5.81. The predicted octanol–water partition coefficient (Wildman–Crippen LogP) is 7.56. The number of aryl methyl sites for hydroxylation is 1. The van der Waals surface area contributed by atoms with Gasteiger partial charge in [-0.05, 0) is 52.8 Å². The van der Waals surface area contributed by atoms with Crippen LogP contribution in [0.2, 0.25) is 0 Å². The van der Waals surface area contributed by atoms with Crippen LogP contribution in [0.15, 0.2) is 48.5 Å². The lowest BCUT2D eigenvalue weighted by Crippen LogP contribution is -2.08. The molecule has 0 heterocycles. The molecule has 0 saturated carbocycles. The first-order valence-corrected chi connectivity index (χ1v) is 9.60. The van der Waals surface area contributed by atoms with Crippen molar-refractivity contribution in [1.82, 2.24) is 0 Å². The summed E-state index contributed by atoms with van der Waals surface area (Å²) in [5.41, 5.74) is 3.37. The third kappa shape index (κ3) is 3.54. The van der Waals surface area contributed by atoms with E-state index in [9.17, 15) is 17.6 Å². The maximum atomic E-state index is 15.2. The van der Waals surface area contributed by atoms with Gasteiger partial charge in [-0.15, -0.1) is 0 Å². The van der Waals surface area contributed by atoms with Crippen molar-refractivity contribution in [2.45, 2.75) is 38.8 Å². The Labute approximate surface area is 166 Å². The molecule has 0 nitrogen and oxygen atoms in total. The summed E-state index contributed by atoms with van der Waals surface area (Å²) in [5.74, 6) is -1.91. The zero-order chi connectivity index (χ0) is 20.8. The van der Waals surface area contributed by atoms with Gasteiger partial charge < -0.3 is 0 Å². The Bertz CT molecular complexity index is 1080. The molecule has 3 aromatic rings. The lowest BCUT2D eigenvalue weighted by atomic mass is 9.97. The Morgan fingerprint density at radius 2 is 1.59 bits per heavy atom. The van der Waals surface area contributed by atoms with Crippen LogP contribution in [-0.4, -0.2) is 0 Å². The van der Waals surface area contributed by atoms with E-state index < -0.39 is 23.4 Å². The van der Waals surface area contributed by atoms with Crippen molar-refractivity contribution in [3.63, 3.8) is 0 Å². The predicted molar refractivity (Wildman–Crippen MR) is 104 cm³/mol. The fourth-order valence-corrected chi connectivity index (χ4v) is 3.96. The van der Waals surface area contributed by atoms with Gasteiger partial charge in [0.15, 0.2) is 0 Å². The van der Waals surface area contributed by atoms with Crippen molar-refractivity contribution in [3.8, 4) is 22.3 Å². The summed E-state index contributed by atoms with van der Waals surface area (Å²) in [5, 5.41) is 0. The summed E-state index contributed by atoms with van der Waals surface area (Å²) in [7, 11) is 0. The van der Waals surface area contributed by atoms with E-state index in [4.69, 9.17) is 0 Å². The monoisotopic (exact) mass is 402 g/mol. The molecule has 1 aliphatic rings. The molecule has 0 N–H and O–H groups in total. The number of halogens is 5. The van der Waals surface area contributed by atoms with Crippen LogP contribution in [0.25, 0.3) is 22.3 Å². The van der Waals surface area contributed by atoms with Crippen LogP contribution >= 0.6 is 0 Å². The van der Waals surface area contributed by atoms with Gasteiger partial charge in [-0.1, -0.05) is 49.7 Å². The molecule has 3 aromatic carbocycles. The number of hydrogen-bond acceptors (Lipinski definition) is 0. The van der Waals surface area contributed by atoms with Gasteiger partial charge in [-0.2, -0.15) is 13.2 Å². The van der Waals surface area contributed by atoms with E-state index in [1.165, 1.54) is 11.6 Å². The minimum atomic E-state index is -4.78. The van der Waals surface area contributed by atoms with Crippen molar-refractivity contribution in [2.24, 2.45) is 0 Å². The van der Waals surface area contributed by atoms with Gasteiger partial charge in [0.2, 0.25) is 0 Å². The van der Waals surface area contributed by atoms with Crippen LogP contribution in [-0.2, 0) is 19.0 Å². The van der Waals surface area contributed by atoms with Crippen LogP contribution in [0.4, 0.5) is 22.0 Å². The maximum absolute atomic E-state index is 15.2. The number of hydrogen-bond donors (Lipinski definition) is 0. The molecule has 0 bridgehead atoms. The highest BCUT2D eigenvalue weighted by Gasteiger charge is 2.34. The highest BCUT2D eigenvalue weighted by Crippen LogP contribution is 2.42. The van der Waals surface area contributed by atoms with Crippen LogP contribution in [0.5, 0.6) is 0 Å². The van der Waals surface area contributed by atoms with E-state index in [-0.39, 0.29) is 11.1 Å². The van der Waals surface area contributed by atoms with Gasteiger partial charge in [-0.25, -0.2) is 8.78 Å². The summed E-state index contributed by atoms with van der Waals surface area (Å²) in [4.78, 5) is 0. The van der Waals surface area contributed by atoms with Gasteiger partial charge in [0.25, 0.3) is 0 Å². The molecule has 0 radical (unpaired) electrons. The Kier molecular flexibility index (Phi) is 4.93. The molecule has 29 heavy (non-hydrogen) atoms. The largest absolute Gasteiger partial charge is 0.419 e. The molecule has 0 saturated heterocycles. The number of alkyl halides is 3. The molecule has 0 fully saturated rings. The SMILES string of the molecule is CCCCc1ccc2c(c1)Cc1c-2ccc(-c2ccc(C(F)(F)F)c(F)c2)c1F. The lowest BCUT2D eigenvalue weighted by Gasteiger charge is -2.12. The van der Waals surface area contributed by atoms with E-state index in [0.29, 0.717) is 18.1 Å². The topological polar surface area (TPSA) is 0 Å². The van der Waals surface area contributed by atoms with Crippen molar-refractivity contribution < 1.29 is 22.0 Å². The molecular weight excluding hydrogens is 383 g/mol. The molecule has 1 aliphatic carbocycles. The summed E-state index contributed by atoms with van der Waals surface area (Å²) < 4.78 is 67.6. The normalized spacial score (nSPS) is 12.8. The van der Waals surface area contributed by atoms with Crippen LogP contribution in [0.3, 0.4) is 0 Å². The van der Waals surface area contributed by atoms with Crippen molar-refractivity contribution in [1.29, 1.82) is 0 Å². The zero-order valence-corrected chi connectivity index (χ0v) is 15.8. The molecule has 0 atom stereocenters. The van der Waals surface area contributed by atoms with E-state index in [2.05, 4.69) is 19.1 Å². The first kappa shape index (κ1) is 19.6. The standard InChI is InChI=1S/C24H19F5/c1-2-3-4-14-5-7-17-16(11-14)12-20-19(17)9-8-18(23(20)26)15-6-10-21(22(25)13-15)24(27,28)29/h5-11,13H,2-4,12H2,1H3. The van der Waals surface area contributed by atoms with Gasteiger partial charge >= 0.3 is 6.18 Å². The second-order valence-electron chi connectivity index (χ2n) is 7.42. The van der Waals surface area contributed by atoms with Gasteiger partial charge in [-0.3, -0.25) is 0 Å². The van der Waals surface area contributed by atoms with Crippen molar-refractivity contribution in [3.05, 3.63) is 82.4 Å². The highest BCUT2D eigenvalue weighted by atomic mass is 19.4. The molecule has 0 aromatic heterocycles. The fraction of sp³-hybridized carbons (Fsp3) is 0.250. The van der Waals surface area contributed by atoms with Crippen LogP contribution in [0.1, 0.15) is 42.0 Å². The van der Waals surface area contributed by atoms with Crippen molar-refractivity contribution in [2.75, 3.05) is 0 Å². The minimum absolute atomic E-state index is 0.0930. The second kappa shape index (κ2) is 7.29. The lowest BCUT2D eigenvalue weighted by molar-refractivity contribution is -0.139. The summed E-state index contributed by atoms with van der Waals surface area (Å²) >= 11 is 0. The van der Waals surface area contributed by atoms with E-state index >= 15 is 4.39 Å². The molecule has 0 spiro atoms. The maximum Gasteiger partial charge on any atom is 0.419 e. The number of fused-ring (bicyclic) bond motifs is 3. The van der Waals surface area contributed by atoms with Crippen LogP contribution < -0.4 is 0 Å². The molecule has 0 amide bonds. The number of rotatable bonds is 4. The van der Waals surface area contributed by atoms with Gasteiger partial charge in [0.1, 0.15) is 11.6 Å². The molecule has 4 rings (SSSR count).